The molecule has 16 heavy (non-hydrogen) atoms. The monoisotopic (exact) mass is 223 g/mol. The van der Waals surface area contributed by atoms with E-state index in [1.807, 2.05) is 23.1 Å². The first kappa shape index (κ1) is 13.2. The van der Waals surface area contributed by atoms with Gasteiger partial charge in [0.25, 0.3) is 0 Å². The molecule has 2 atom stereocenters. The molecule has 1 heterocycles. The number of rotatable bonds is 8. The third-order valence-corrected chi connectivity index (χ3v) is 2.83. The topological polar surface area (TPSA) is 29.9 Å². The minimum absolute atomic E-state index is 0.483. The van der Waals surface area contributed by atoms with Gasteiger partial charge in [0, 0.05) is 24.5 Å². The van der Waals surface area contributed by atoms with E-state index < -0.39 is 0 Å². The van der Waals surface area contributed by atoms with E-state index in [4.69, 9.17) is 0 Å². The van der Waals surface area contributed by atoms with Crippen molar-refractivity contribution in [2.75, 3.05) is 0 Å². The van der Waals surface area contributed by atoms with Crippen molar-refractivity contribution in [2.45, 2.75) is 65.1 Å². The highest BCUT2D eigenvalue weighted by Crippen LogP contribution is 2.04. The molecule has 1 aromatic heterocycles. The van der Waals surface area contributed by atoms with Crippen LogP contribution >= 0.6 is 0 Å². The van der Waals surface area contributed by atoms with Crippen LogP contribution in [0, 0.1) is 0 Å². The van der Waals surface area contributed by atoms with Crippen molar-refractivity contribution in [1.82, 2.24) is 15.1 Å². The summed E-state index contributed by atoms with van der Waals surface area (Å²) in [6.07, 6.45) is 9.10. The number of unbranched alkanes of at least 4 members (excludes halogenated alkanes) is 2. The molecule has 0 aromatic carbocycles. The van der Waals surface area contributed by atoms with Crippen LogP contribution in [0.1, 0.15) is 46.5 Å². The highest BCUT2D eigenvalue weighted by atomic mass is 15.3. The second-order valence-electron chi connectivity index (χ2n) is 4.69. The maximum absolute atomic E-state index is 4.22. The zero-order chi connectivity index (χ0) is 11.8. The number of nitrogens with zero attached hydrogens (tertiary/aromatic N) is 2. The van der Waals surface area contributed by atoms with E-state index in [-0.39, 0.29) is 0 Å². The molecule has 0 aliphatic rings. The number of hydrogen-bond acceptors (Lipinski definition) is 2. The number of aromatic nitrogens is 2. The van der Waals surface area contributed by atoms with Crippen molar-refractivity contribution < 1.29 is 0 Å². The molecule has 1 aromatic rings. The fourth-order valence-electron chi connectivity index (χ4n) is 2.01. The minimum atomic E-state index is 0.483. The van der Waals surface area contributed by atoms with Crippen molar-refractivity contribution in [1.29, 1.82) is 0 Å². The zero-order valence-corrected chi connectivity index (χ0v) is 10.8. The smallest absolute Gasteiger partial charge is 0.0560 e. The summed E-state index contributed by atoms with van der Waals surface area (Å²) < 4.78 is 1.98. The van der Waals surface area contributed by atoms with Gasteiger partial charge in [0.05, 0.1) is 6.54 Å². The molecular weight excluding hydrogens is 198 g/mol. The lowest BCUT2D eigenvalue weighted by molar-refractivity contribution is 0.387. The Bertz CT molecular complexity index is 256. The molecule has 3 nitrogen and oxygen atoms in total. The molecule has 0 amide bonds. The highest BCUT2D eigenvalue weighted by molar-refractivity contribution is 4.79. The molecule has 0 bridgehead atoms. The SMILES string of the molecule is CCCCC[C@@H](C)N[C@H](C)Cn1cccn1. The predicted molar refractivity (Wildman–Crippen MR) is 68.4 cm³/mol. The van der Waals surface area contributed by atoms with Crippen LogP contribution in [0.25, 0.3) is 0 Å². The highest BCUT2D eigenvalue weighted by Gasteiger charge is 2.07. The Morgan fingerprint density at radius 1 is 1.25 bits per heavy atom. The largest absolute Gasteiger partial charge is 0.310 e. The summed E-state index contributed by atoms with van der Waals surface area (Å²) in [6.45, 7) is 7.69. The minimum Gasteiger partial charge on any atom is -0.310 e. The van der Waals surface area contributed by atoms with Gasteiger partial charge in [-0.2, -0.15) is 5.10 Å². The maximum atomic E-state index is 4.22. The van der Waals surface area contributed by atoms with E-state index in [9.17, 15) is 0 Å². The zero-order valence-electron chi connectivity index (χ0n) is 10.8. The molecule has 0 fully saturated rings. The summed E-state index contributed by atoms with van der Waals surface area (Å²) >= 11 is 0. The van der Waals surface area contributed by atoms with Gasteiger partial charge in [-0.25, -0.2) is 0 Å². The lowest BCUT2D eigenvalue weighted by Crippen LogP contribution is -2.37. The Labute approximate surface area is 99.2 Å². The average molecular weight is 223 g/mol. The lowest BCUT2D eigenvalue weighted by Gasteiger charge is -2.20. The quantitative estimate of drug-likeness (QED) is 0.687. The molecular formula is C13H25N3. The molecule has 0 aliphatic heterocycles. The molecule has 1 N–H and O–H groups in total. The van der Waals surface area contributed by atoms with Crippen LogP contribution in [0.5, 0.6) is 0 Å². The number of nitrogens with one attached hydrogen (secondary N) is 1. The van der Waals surface area contributed by atoms with Gasteiger partial charge >= 0.3 is 0 Å². The predicted octanol–water partition coefficient (Wildman–Crippen LogP) is 2.83. The van der Waals surface area contributed by atoms with E-state index in [0.717, 1.165) is 6.54 Å². The summed E-state index contributed by atoms with van der Waals surface area (Å²) in [4.78, 5) is 0. The van der Waals surface area contributed by atoms with Gasteiger partial charge < -0.3 is 5.32 Å². The Morgan fingerprint density at radius 2 is 2.06 bits per heavy atom. The lowest BCUT2D eigenvalue weighted by atomic mass is 10.1. The van der Waals surface area contributed by atoms with Gasteiger partial charge in [0.15, 0.2) is 0 Å². The van der Waals surface area contributed by atoms with Crippen LogP contribution in [0.4, 0.5) is 0 Å². The molecule has 0 unspecified atom stereocenters. The van der Waals surface area contributed by atoms with Crippen molar-refractivity contribution in [3.8, 4) is 0 Å². The van der Waals surface area contributed by atoms with Crippen LogP contribution in [0.3, 0.4) is 0 Å². The summed E-state index contributed by atoms with van der Waals surface area (Å²) in [7, 11) is 0. The Hall–Kier alpha value is -0.830. The van der Waals surface area contributed by atoms with Crippen LogP contribution in [-0.2, 0) is 6.54 Å². The summed E-state index contributed by atoms with van der Waals surface area (Å²) in [5.74, 6) is 0. The Morgan fingerprint density at radius 3 is 2.69 bits per heavy atom. The van der Waals surface area contributed by atoms with E-state index in [0.29, 0.717) is 12.1 Å². The van der Waals surface area contributed by atoms with Gasteiger partial charge in [-0.15, -0.1) is 0 Å². The molecule has 92 valence electrons. The molecule has 0 spiro atoms. The Kier molecular flexibility index (Phi) is 6.16. The van der Waals surface area contributed by atoms with Gasteiger partial charge in [-0.05, 0) is 26.3 Å². The average Bonchev–Trinajstić information content (AvgIpc) is 2.70. The molecule has 0 aliphatic carbocycles. The first-order chi connectivity index (χ1) is 7.72. The number of hydrogen-bond donors (Lipinski definition) is 1. The molecule has 1 rings (SSSR count). The van der Waals surface area contributed by atoms with E-state index in [1.165, 1.54) is 25.7 Å². The van der Waals surface area contributed by atoms with E-state index >= 15 is 0 Å². The van der Waals surface area contributed by atoms with Crippen LogP contribution < -0.4 is 5.32 Å². The molecule has 0 saturated carbocycles. The van der Waals surface area contributed by atoms with Crippen molar-refractivity contribution >= 4 is 0 Å². The van der Waals surface area contributed by atoms with Gasteiger partial charge in [-0.3, -0.25) is 4.68 Å². The summed E-state index contributed by atoms with van der Waals surface area (Å²) in [5, 5.41) is 7.83. The standard InChI is InChI=1S/C13H25N3/c1-4-5-6-8-12(2)15-13(3)11-16-10-7-9-14-16/h7,9-10,12-13,15H,4-6,8,11H2,1-3H3/t12-,13-/m1/s1. The summed E-state index contributed by atoms with van der Waals surface area (Å²) in [6, 6.07) is 3.06. The Balaban J connectivity index is 2.15. The van der Waals surface area contributed by atoms with Crippen LogP contribution in [-0.4, -0.2) is 21.9 Å². The fraction of sp³-hybridized carbons (Fsp3) is 0.769. The normalized spacial score (nSPS) is 14.9. The molecule has 0 radical (unpaired) electrons. The second-order valence-corrected chi connectivity index (χ2v) is 4.69. The van der Waals surface area contributed by atoms with Crippen LogP contribution in [0.15, 0.2) is 18.5 Å². The van der Waals surface area contributed by atoms with Gasteiger partial charge in [0.1, 0.15) is 0 Å². The van der Waals surface area contributed by atoms with Crippen molar-refractivity contribution in [3.05, 3.63) is 18.5 Å². The van der Waals surface area contributed by atoms with E-state index in [1.54, 1.807) is 0 Å². The third kappa shape index (κ3) is 5.31. The van der Waals surface area contributed by atoms with Gasteiger partial charge in [0.2, 0.25) is 0 Å². The first-order valence-corrected chi connectivity index (χ1v) is 6.45. The maximum Gasteiger partial charge on any atom is 0.0560 e. The molecule has 0 saturated heterocycles. The second kappa shape index (κ2) is 7.44. The molecule has 3 heteroatoms. The van der Waals surface area contributed by atoms with Crippen molar-refractivity contribution in [3.63, 3.8) is 0 Å². The first-order valence-electron chi connectivity index (χ1n) is 6.45. The fourth-order valence-corrected chi connectivity index (χ4v) is 2.01. The van der Waals surface area contributed by atoms with E-state index in [2.05, 4.69) is 31.2 Å². The van der Waals surface area contributed by atoms with Crippen molar-refractivity contribution in [2.24, 2.45) is 0 Å². The summed E-state index contributed by atoms with van der Waals surface area (Å²) in [5.41, 5.74) is 0. The van der Waals surface area contributed by atoms with Crippen LogP contribution in [0.2, 0.25) is 0 Å². The van der Waals surface area contributed by atoms with Gasteiger partial charge in [-0.1, -0.05) is 26.2 Å². The third-order valence-electron chi connectivity index (χ3n) is 2.83.